The number of rotatable bonds is 9. The molecule has 0 bridgehead atoms. The number of anilines is 3. The number of hydrogen-bond acceptors (Lipinski definition) is 6. The summed E-state index contributed by atoms with van der Waals surface area (Å²) in [5, 5.41) is 5.51. The summed E-state index contributed by atoms with van der Waals surface area (Å²) in [6.45, 7) is 6.56. The SMILES string of the molecule is CC(C)N1CCC(CCC(=O)Nc2cc(Oc3ccc4c(c3)nc(Nc3cc(C(F)(F)F)ccc3F)n4C)ccn2)CC1. The summed E-state index contributed by atoms with van der Waals surface area (Å²) in [6.07, 6.45) is 0.410. The Morgan fingerprint density at radius 3 is 2.53 bits per heavy atom. The lowest BCUT2D eigenvalue weighted by atomic mass is 9.91. The minimum Gasteiger partial charge on any atom is -0.457 e. The number of aryl methyl sites for hydroxylation is 1. The molecule has 43 heavy (non-hydrogen) atoms. The van der Waals surface area contributed by atoms with E-state index in [1.807, 2.05) is 0 Å². The van der Waals surface area contributed by atoms with Gasteiger partial charge in [-0.25, -0.2) is 14.4 Å². The third kappa shape index (κ3) is 7.42. The monoisotopic (exact) mass is 598 g/mol. The highest BCUT2D eigenvalue weighted by atomic mass is 19.4. The molecule has 0 unspecified atom stereocenters. The first kappa shape index (κ1) is 30.3. The lowest BCUT2D eigenvalue weighted by Crippen LogP contribution is -2.38. The average Bonchev–Trinajstić information content (AvgIpc) is 3.26. The predicted octanol–water partition coefficient (Wildman–Crippen LogP) is 7.50. The molecule has 0 radical (unpaired) electrons. The van der Waals surface area contributed by atoms with Crippen LogP contribution < -0.4 is 15.4 Å². The Labute approximate surface area is 247 Å². The van der Waals surface area contributed by atoms with E-state index < -0.39 is 17.6 Å². The van der Waals surface area contributed by atoms with Crippen molar-refractivity contribution < 1.29 is 27.1 Å². The molecule has 5 rings (SSSR count). The Morgan fingerprint density at radius 1 is 1.07 bits per heavy atom. The van der Waals surface area contributed by atoms with Crippen molar-refractivity contribution in [3.05, 3.63) is 66.1 Å². The highest BCUT2D eigenvalue weighted by Crippen LogP contribution is 2.34. The third-order valence-corrected chi connectivity index (χ3v) is 7.79. The number of aromatic nitrogens is 3. The summed E-state index contributed by atoms with van der Waals surface area (Å²) in [4.78, 5) is 23.7. The summed E-state index contributed by atoms with van der Waals surface area (Å²) < 4.78 is 61.2. The van der Waals surface area contributed by atoms with E-state index in [9.17, 15) is 22.4 Å². The molecule has 3 heterocycles. The van der Waals surface area contributed by atoms with Crippen molar-refractivity contribution >= 4 is 34.4 Å². The quantitative estimate of drug-likeness (QED) is 0.194. The molecule has 0 aliphatic carbocycles. The van der Waals surface area contributed by atoms with E-state index in [1.165, 1.54) is 6.20 Å². The molecule has 8 nitrogen and oxygen atoms in total. The second-order valence-corrected chi connectivity index (χ2v) is 11.1. The molecular weight excluding hydrogens is 564 g/mol. The number of carbonyl (C=O) groups is 1. The zero-order valence-electron chi connectivity index (χ0n) is 24.2. The van der Waals surface area contributed by atoms with Crippen LogP contribution in [0.25, 0.3) is 11.0 Å². The first-order valence-electron chi connectivity index (χ1n) is 14.2. The van der Waals surface area contributed by atoms with E-state index in [1.54, 1.807) is 41.9 Å². The van der Waals surface area contributed by atoms with Gasteiger partial charge in [0.1, 0.15) is 23.1 Å². The fraction of sp³-hybridized carbons (Fsp3) is 0.387. The molecule has 1 aliphatic rings. The normalized spacial score (nSPS) is 14.8. The molecule has 0 atom stereocenters. The number of hydrogen-bond donors (Lipinski definition) is 2. The zero-order valence-corrected chi connectivity index (χ0v) is 24.2. The molecule has 12 heteroatoms. The number of alkyl halides is 3. The fourth-order valence-corrected chi connectivity index (χ4v) is 5.25. The fourth-order valence-electron chi connectivity index (χ4n) is 5.25. The maximum absolute atomic E-state index is 14.3. The van der Waals surface area contributed by atoms with Crippen molar-refractivity contribution in [3.63, 3.8) is 0 Å². The van der Waals surface area contributed by atoms with E-state index in [0.717, 1.165) is 38.4 Å². The van der Waals surface area contributed by atoms with E-state index in [0.29, 0.717) is 58.9 Å². The zero-order chi connectivity index (χ0) is 30.7. The lowest BCUT2D eigenvalue weighted by molar-refractivity contribution is -0.137. The van der Waals surface area contributed by atoms with Gasteiger partial charge in [-0.2, -0.15) is 13.2 Å². The van der Waals surface area contributed by atoms with E-state index in [-0.39, 0.29) is 17.5 Å². The molecule has 228 valence electrons. The largest absolute Gasteiger partial charge is 0.457 e. The molecule has 0 spiro atoms. The molecule has 2 N–H and O–H groups in total. The van der Waals surface area contributed by atoms with Crippen LogP contribution in [0.3, 0.4) is 0 Å². The molecule has 0 saturated carbocycles. The van der Waals surface area contributed by atoms with Crippen LogP contribution in [0.4, 0.5) is 35.0 Å². The molecule has 1 amide bonds. The van der Waals surface area contributed by atoms with Crippen LogP contribution in [0.1, 0.15) is 45.1 Å². The van der Waals surface area contributed by atoms with E-state index >= 15 is 0 Å². The van der Waals surface area contributed by atoms with Gasteiger partial charge in [0.05, 0.1) is 22.3 Å². The maximum Gasteiger partial charge on any atom is 0.416 e. The molecule has 2 aromatic heterocycles. The minimum atomic E-state index is -4.61. The first-order chi connectivity index (χ1) is 20.5. The van der Waals surface area contributed by atoms with Gasteiger partial charge in [-0.3, -0.25) is 4.79 Å². The summed E-state index contributed by atoms with van der Waals surface area (Å²) in [5.41, 5.74) is -0.176. The Hall–Kier alpha value is -4.19. The highest BCUT2D eigenvalue weighted by Gasteiger charge is 2.31. The van der Waals surface area contributed by atoms with Gasteiger partial charge in [-0.1, -0.05) is 0 Å². The number of pyridine rings is 1. The summed E-state index contributed by atoms with van der Waals surface area (Å²) in [5.74, 6) is 1.05. The number of amides is 1. The van der Waals surface area contributed by atoms with E-state index in [2.05, 4.69) is 39.3 Å². The number of fused-ring (bicyclic) bond motifs is 1. The molecule has 1 saturated heterocycles. The van der Waals surface area contributed by atoms with Crippen molar-refractivity contribution in [2.75, 3.05) is 23.7 Å². The first-order valence-corrected chi connectivity index (χ1v) is 14.2. The number of ether oxygens (including phenoxy) is 1. The van der Waals surface area contributed by atoms with Gasteiger partial charge < -0.3 is 24.8 Å². The second kappa shape index (κ2) is 12.6. The Kier molecular flexibility index (Phi) is 8.86. The van der Waals surface area contributed by atoms with Crippen LogP contribution in [0.5, 0.6) is 11.5 Å². The standard InChI is InChI=1S/C31H34F4N6O2/c1-19(2)41-14-11-20(12-15-41)4-9-29(42)39-28-18-23(10-13-36-28)43-22-6-8-27-26(17-22)38-30(40(27)3)37-25-16-21(31(33,34)35)5-7-24(25)32/h5-8,10,13,16-20H,4,9,11-12,14-15H2,1-3H3,(H,37,38)(H,36,39,42). The third-order valence-electron chi connectivity index (χ3n) is 7.79. The van der Waals surface area contributed by atoms with Gasteiger partial charge in [-0.05, 0) is 88.5 Å². The second-order valence-electron chi connectivity index (χ2n) is 11.1. The van der Waals surface area contributed by atoms with Gasteiger partial charge in [0, 0.05) is 37.8 Å². The number of likely N-dealkylation sites (tertiary alicyclic amines) is 1. The highest BCUT2D eigenvalue weighted by molar-refractivity contribution is 5.89. The molecular formula is C31H34F4N6O2. The van der Waals surface area contributed by atoms with Crippen molar-refractivity contribution in [1.29, 1.82) is 0 Å². The molecule has 1 fully saturated rings. The topological polar surface area (TPSA) is 84.3 Å². The van der Waals surface area contributed by atoms with Crippen molar-refractivity contribution in [2.45, 2.75) is 51.7 Å². The lowest BCUT2D eigenvalue weighted by Gasteiger charge is -2.34. The number of nitrogens with one attached hydrogen (secondary N) is 2. The van der Waals surface area contributed by atoms with Gasteiger partial charge in [-0.15, -0.1) is 0 Å². The summed E-state index contributed by atoms with van der Waals surface area (Å²) in [6, 6.07) is 11.1. The number of nitrogens with zero attached hydrogens (tertiary/aromatic N) is 4. The van der Waals surface area contributed by atoms with Crippen LogP contribution in [-0.4, -0.2) is 44.5 Å². The van der Waals surface area contributed by atoms with Crippen LogP contribution >= 0.6 is 0 Å². The minimum absolute atomic E-state index is 0.0944. The average molecular weight is 599 g/mol. The maximum atomic E-state index is 14.3. The van der Waals surface area contributed by atoms with Crippen molar-refractivity contribution in [1.82, 2.24) is 19.4 Å². The number of halogens is 4. The van der Waals surface area contributed by atoms with E-state index in [4.69, 9.17) is 4.74 Å². The smallest absolute Gasteiger partial charge is 0.416 e. The predicted molar refractivity (Wildman–Crippen MR) is 157 cm³/mol. The van der Waals surface area contributed by atoms with Gasteiger partial charge in [0.15, 0.2) is 0 Å². The summed E-state index contributed by atoms with van der Waals surface area (Å²) in [7, 11) is 1.66. The summed E-state index contributed by atoms with van der Waals surface area (Å²) >= 11 is 0. The van der Waals surface area contributed by atoms with Gasteiger partial charge in [0.25, 0.3) is 0 Å². The Bertz CT molecular complexity index is 1600. The number of carbonyl (C=O) groups excluding carboxylic acids is 1. The van der Waals surface area contributed by atoms with Crippen LogP contribution in [0, 0.1) is 11.7 Å². The van der Waals surface area contributed by atoms with Crippen LogP contribution in [0.15, 0.2) is 54.7 Å². The van der Waals surface area contributed by atoms with Crippen LogP contribution in [-0.2, 0) is 18.0 Å². The number of piperidine rings is 1. The molecule has 4 aromatic rings. The van der Waals surface area contributed by atoms with Gasteiger partial charge >= 0.3 is 6.18 Å². The molecule has 1 aliphatic heterocycles. The number of imidazole rings is 1. The molecule has 2 aromatic carbocycles. The Morgan fingerprint density at radius 2 is 1.81 bits per heavy atom. The van der Waals surface area contributed by atoms with Crippen LogP contribution in [0.2, 0.25) is 0 Å². The number of benzene rings is 2. The van der Waals surface area contributed by atoms with Crippen molar-refractivity contribution in [3.8, 4) is 11.5 Å². The Balaban J connectivity index is 1.21. The van der Waals surface area contributed by atoms with Gasteiger partial charge in [0.2, 0.25) is 11.9 Å². The van der Waals surface area contributed by atoms with Crippen molar-refractivity contribution in [2.24, 2.45) is 13.0 Å².